The van der Waals surface area contributed by atoms with Crippen LogP contribution in [0.15, 0.2) is 29.4 Å². The maximum absolute atomic E-state index is 8.99. The fourth-order valence-corrected chi connectivity index (χ4v) is 2.47. The van der Waals surface area contributed by atoms with Crippen LogP contribution in [0.1, 0.15) is 31.2 Å². The molecule has 0 saturated heterocycles. The van der Waals surface area contributed by atoms with Gasteiger partial charge in [-0.05, 0) is 43.4 Å². The molecule has 2 rings (SSSR count). The Kier molecular flexibility index (Phi) is 4.02. The summed E-state index contributed by atoms with van der Waals surface area (Å²) in [6.07, 6.45) is 5.42. The van der Waals surface area contributed by atoms with Crippen molar-refractivity contribution in [1.82, 2.24) is 0 Å². The van der Waals surface area contributed by atoms with Crippen LogP contribution in [0.5, 0.6) is 5.75 Å². The molecule has 0 aromatic heterocycles. The van der Waals surface area contributed by atoms with Gasteiger partial charge in [0.25, 0.3) is 0 Å². The second-order valence-corrected chi connectivity index (χ2v) is 4.59. The molecule has 1 N–H and O–H groups in total. The van der Waals surface area contributed by atoms with Crippen LogP contribution < -0.4 is 4.74 Å². The van der Waals surface area contributed by atoms with E-state index in [1.165, 1.54) is 12.0 Å². The zero-order valence-corrected chi connectivity index (χ0v) is 10.2. The molecule has 1 aliphatic rings. The van der Waals surface area contributed by atoms with Crippen molar-refractivity contribution in [3.05, 3.63) is 29.8 Å². The quantitative estimate of drug-likeness (QED) is 0.643. The van der Waals surface area contributed by atoms with E-state index in [-0.39, 0.29) is 0 Å². The molecule has 1 fully saturated rings. The highest BCUT2D eigenvalue weighted by atomic mass is 16.5. The Morgan fingerprint density at radius 2 is 2.06 bits per heavy atom. The number of hydrogen-bond acceptors (Lipinski definition) is 3. The van der Waals surface area contributed by atoms with E-state index in [1.807, 2.05) is 12.1 Å². The van der Waals surface area contributed by atoms with Gasteiger partial charge in [-0.1, -0.05) is 23.7 Å². The minimum absolute atomic E-state index is 0.405. The molecule has 0 heterocycles. The van der Waals surface area contributed by atoms with Crippen molar-refractivity contribution >= 4 is 5.71 Å². The predicted molar refractivity (Wildman–Crippen MR) is 67.9 cm³/mol. The highest BCUT2D eigenvalue weighted by Gasteiger charge is 2.21. The van der Waals surface area contributed by atoms with Crippen LogP contribution >= 0.6 is 0 Å². The van der Waals surface area contributed by atoms with E-state index in [9.17, 15) is 0 Å². The summed E-state index contributed by atoms with van der Waals surface area (Å²) >= 11 is 0. The Morgan fingerprint density at radius 1 is 1.29 bits per heavy atom. The molecule has 3 heteroatoms. The third-order valence-corrected chi connectivity index (χ3v) is 3.48. The van der Waals surface area contributed by atoms with Gasteiger partial charge in [-0.2, -0.15) is 0 Å². The summed E-state index contributed by atoms with van der Waals surface area (Å²) in [5.74, 6) is 1.29. The van der Waals surface area contributed by atoms with E-state index < -0.39 is 0 Å². The van der Waals surface area contributed by atoms with Crippen molar-refractivity contribution in [2.45, 2.75) is 32.1 Å². The van der Waals surface area contributed by atoms with Crippen LogP contribution in [0.2, 0.25) is 0 Å². The Hall–Kier alpha value is -1.51. The monoisotopic (exact) mass is 233 g/mol. The third-order valence-electron chi connectivity index (χ3n) is 3.48. The molecule has 1 aromatic rings. The lowest BCUT2D eigenvalue weighted by Gasteiger charge is -2.22. The number of benzene rings is 1. The van der Waals surface area contributed by atoms with Crippen molar-refractivity contribution in [3.63, 3.8) is 0 Å². The molecule has 0 aliphatic heterocycles. The zero-order valence-electron chi connectivity index (χ0n) is 10.2. The second-order valence-electron chi connectivity index (χ2n) is 4.59. The van der Waals surface area contributed by atoms with E-state index in [0.717, 1.165) is 37.1 Å². The van der Waals surface area contributed by atoms with Gasteiger partial charge in [-0.15, -0.1) is 0 Å². The number of nitrogens with zero attached hydrogens (tertiary/aromatic N) is 1. The number of methoxy groups -OCH3 is 1. The maximum atomic E-state index is 8.99. The number of oxime groups is 1. The second kappa shape index (κ2) is 5.71. The average molecular weight is 233 g/mol. The fraction of sp³-hybridized carbons (Fsp3) is 0.500. The molecule has 1 saturated carbocycles. The standard InChI is InChI=1S/C14H19NO2/c1-17-13-8-6-11(7-9-13)10-12-4-2-3-5-14(12)15-16/h6-9,12,16H,2-5,10H2,1H3/b15-14+. The van der Waals surface area contributed by atoms with Crippen molar-refractivity contribution < 1.29 is 9.94 Å². The predicted octanol–water partition coefficient (Wildman–Crippen LogP) is 3.26. The SMILES string of the molecule is COc1ccc(CC2CCCC/C2=N\O)cc1. The lowest BCUT2D eigenvalue weighted by atomic mass is 9.83. The molecule has 0 radical (unpaired) electrons. The molecule has 17 heavy (non-hydrogen) atoms. The molecule has 1 atom stereocenters. The van der Waals surface area contributed by atoms with Crippen molar-refractivity contribution in [3.8, 4) is 5.75 Å². The molecule has 92 valence electrons. The topological polar surface area (TPSA) is 41.8 Å². The van der Waals surface area contributed by atoms with Gasteiger partial charge in [-0.25, -0.2) is 0 Å². The van der Waals surface area contributed by atoms with Crippen LogP contribution in [-0.2, 0) is 6.42 Å². The summed E-state index contributed by atoms with van der Waals surface area (Å²) in [6.45, 7) is 0. The molecule has 0 bridgehead atoms. The lowest BCUT2D eigenvalue weighted by Crippen LogP contribution is -2.21. The van der Waals surface area contributed by atoms with E-state index in [0.29, 0.717) is 5.92 Å². The summed E-state index contributed by atoms with van der Waals surface area (Å²) in [4.78, 5) is 0. The summed E-state index contributed by atoms with van der Waals surface area (Å²) in [5.41, 5.74) is 2.24. The molecular weight excluding hydrogens is 214 g/mol. The average Bonchev–Trinajstić information content (AvgIpc) is 2.40. The van der Waals surface area contributed by atoms with E-state index in [4.69, 9.17) is 9.94 Å². The highest BCUT2D eigenvalue weighted by Crippen LogP contribution is 2.25. The highest BCUT2D eigenvalue weighted by molar-refractivity contribution is 5.87. The van der Waals surface area contributed by atoms with Gasteiger partial charge >= 0.3 is 0 Å². The van der Waals surface area contributed by atoms with Crippen LogP contribution in [0, 0.1) is 5.92 Å². The molecule has 0 amide bonds. The first-order valence-electron chi connectivity index (χ1n) is 6.17. The maximum Gasteiger partial charge on any atom is 0.118 e. The van der Waals surface area contributed by atoms with Crippen LogP contribution in [0.25, 0.3) is 0 Å². The van der Waals surface area contributed by atoms with Gasteiger partial charge in [0, 0.05) is 5.92 Å². The van der Waals surface area contributed by atoms with Crippen LogP contribution in [0.3, 0.4) is 0 Å². The van der Waals surface area contributed by atoms with E-state index >= 15 is 0 Å². The van der Waals surface area contributed by atoms with Gasteiger partial charge < -0.3 is 9.94 Å². The first kappa shape index (κ1) is 12.0. The lowest BCUT2D eigenvalue weighted by molar-refractivity contribution is 0.308. The first-order chi connectivity index (χ1) is 8.33. The van der Waals surface area contributed by atoms with Crippen LogP contribution in [0.4, 0.5) is 0 Å². The molecule has 1 unspecified atom stereocenters. The van der Waals surface area contributed by atoms with Gasteiger partial charge in [0.05, 0.1) is 12.8 Å². The van der Waals surface area contributed by atoms with Gasteiger partial charge in [0.2, 0.25) is 0 Å². The minimum Gasteiger partial charge on any atom is -0.497 e. The molecule has 3 nitrogen and oxygen atoms in total. The Labute approximate surface area is 102 Å². The number of hydrogen-bond donors (Lipinski definition) is 1. The van der Waals surface area contributed by atoms with Crippen LogP contribution in [-0.4, -0.2) is 18.0 Å². The van der Waals surface area contributed by atoms with Crippen molar-refractivity contribution in [1.29, 1.82) is 0 Å². The van der Waals surface area contributed by atoms with Gasteiger partial charge in [0.1, 0.15) is 5.75 Å². The molecule has 0 spiro atoms. The van der Waals surface area contributed by atoms with Crippen molar-refractivity contribution in [2.24, 2.45) is 11.1 Å². The minimum atomic E-state index is 0.405. The fourth-order valence-electron chi connectivity index (χ4n) is 2.47. The summed E-state index contributed by atoms with van der Waals surface area (Å²) < 4.78 is 5.14. The zero-order chi connectivity index (χ0) is 12.1. The number of rotatable bonds is 3. The third kappa shape index (κ3) is 2.99. The summed E-state index contributed by atoms with van der Waals surface area (Å²) in [7, 11) is 1.67. The van der Waals surface area contributed by atoms with Crippen molar-refractivity contribution in [2.75, 3.05) is 7.11 Å². The normalized spacial score (nSPS) is 22.6. The van der Waals surface area contributed by atoms with E-state index in [1.54, 1.807) is 7.11 Å². The number of ether oxygens (including phenoxy) is 1. The summed E-state index contributed by atoms with van der Waals surface area (Å²) in [5, 5.41) is 12.4. The van der Waals surface area contributed by atoms with Gasteiger partial charge in [0.15, 0.2) is 0 Å². The molecule has 1 aromatic carbocycles. The summed E-state index contributed by atoms with van der Waals surface area (Å²) in [6, 6.07) is 8.13. The molecule has 1 aliphatic carbocycles. The largest absolute Gasteiger partial charge is 0.497 e. The Bertz CT molecular complexity index is 384. The molecular formula is C14H19NO2. The van der Waals surface area contributed by atoms with E-state index in [2.05, 4.69) is 17.3 Å². The smallest absolute Gasteiger partial charge is 0.118 e. The Balaban J connectivity index is 2.03. The Morgan fingerprint density at radius 3 is 2.71 bits per heavy atom. The van der Waals surface area contributed by atoms with Gasteiger partial charge in [-0.3, -0.25) is 0 Å². The first-order valence-corrected chi connectivity index (χ1v) is 6.17.